The second-order valence-electron chi connectivity index (χ2n) is 4.64. The van der Waals surface area contributed by atoms with E-state index in [9.17, 15) is 9.90 Å². The molecule has 0 unspecified atom stereocenters. The van der Waals surface area contributed by atoms with Crippen molar-refractivity contribution >= 4 is 23.2 Å². The van der Waals surface area contributed by atoms with Crippen molar-refractivity contribution in [3.63, 3.8) is 0 Å². The Balaban J connectivity index is 2.01. The number of aromatic hydroxyl groups is 1. The molecule has 1 heterocycles. The summed E-state index contributed by atoms with van der Waals surface area (Å²) in [6.45, 7) is 0. The number of phenolic OH excluding ortho intramolecular Hbond substituents is 1. The molecule has 1 aliphatic heterocycles. The first-order valence-corrected chi connectivity index (χ1v) is 6.71. The zero-order chi connectivity index (χ0) is 15.0. The van der Waals surface area contributed by atoms with E-state index in [1.54, 1.807) is 36.4 Å². The lowest BCUT2D eigenvalue weighted by Crippen LogP contribution is -2.38. The minimum atomic E-state index is -0.557. The first kappa shape index (κ1) is 13.6. The lowest BCUT2D eigenvalue weighted by Gasteiger charge is -2.28. The number of hydrogen-bond donors (Lipinski definition) is 3. The number of hydrogen-bond acceptors (Lipinski definition) is 4. The van der Waals surface area contributed by atoms with Crippen molar-refractivity contribution in [2.24, 2.45) is 0 Å². The SMILES string of the molecule is COc1cccc([C@@H]2NC(=O)c3ccc(Cl)cc3N2)c1O. The number of rotatable bonds is 2. The molecule has 0 fully saturated rings. The van der Waals surface area contributed by atoms with Gasteiger partial charge in [0.05, 0.1) is 18.4 Å². The van der Waals surface area contributed by atoms with Crippen molar-refractivity contribution in [2.45, 2.75) is 6.17 Å². The normalized spacial score (nSPS) is 16.7. The van der Waals surface area contributed by atoms with Crippen molar-refractivity contribution in [1.29, 1.82) is 0 Å². The molecule has 0 saturated heterocycles. The van der Waals surface area contributed by atoms with Crippen LogP contribution in [-0.4, -0.2) is 18.1 Å². The summed E-state index contributed by atoms with van der Waals surface area (Å²) in [4.78, 5) is 12.1. The number of ether oxygens (including phenoxy) is 1. The summed E-state index contributed by atoms with van der Waals surface area (Å²) in [7, 11) is 1.47. The maximum atomic E-state index is 12.1. The van der Waals surface area contributed by atoms with Gasteiger partial charge in [-0.2, -0.15) is 0 Å². The van der Waals surface area contributed by atoms with E-state index in [1.165, 1.54) is 7.11 Å². The van der Waals surface area contributed by atoms with Crippen molar-refractivity contribution in [3.05, 3.63) is 52.5 Å². The largest absolute Gasteiger partial charge is 0.504 e. The molecule has 2 aromatic rings. The molecular formula is C15H13ClN2O3. The predicted octanol–water partition coefficient (Wildman–Crippen LogP) is 2.91. The summed E-state index contributed by atoms with van der Waals surface area (Å²) in [5.74, 6) is 0.108. The molecule has 3 N–H and O–H groups in total. The van der Waals surface area contributed by atoms with Gasteiger partial charge < -0.3 is 20.5 Å². The molecule has 3 rings (SSSR count). The molecule has 0 aromatic heterocycles. The Labute approximate surface area is 126 Å². The number of amides is 1. The van der Waals surface area contributed by atoms with Crippen LogP contribution in [0.25, 0.3) is 0 Å². The summed E-state index contributed by atoms with van der Waals surface area (Å²) in [6.07, 6.45) is -0.557. The van der Waals surface area contributed by atoms with Gasteiger partial charge in [-0.3, -0.25) is 4.79 Å². The van der Waals surface area contributed by atoms with Crippen molar-refractivity contribution in [1.82, 2.24) is 5.32 Å². The van der Waals surface area contributed by atoms with E-state index in [0.29, 0.717) is 27.6 Å². The molecule has 0 aliphatic carbocycles. The van der Waals surface area contributed by atoms with Gasteiger partial charge in [0.25, 0.3) is 5.91 Å². The van der Waals surface area contributed by atoms with E-state index in [4.69, 9.17) is 16.3 Å². The third-order valence-corrected chi connectivity index (χ3v) is 3.60. The first-order valence-electron chi connectivity index (χ1n) is 6.33. The summed E-state index contributed by atoms with van der Waals surface area (Å²) >= 11 is 5.96. The van der Waals surface area contributed by atoms with Crippen LogP contribution in [0, 0.1) is 0 Å². The fraction of sp³-hybridized carbons (Fsp3) is 0.133. The number of carbonyl (C=O) groups excluding carboxylic acids is 1. The van der Waals surface area contributed by atoms with E-state index in [2.05, 4.69) is 10.6 Å². The highest BCUT2D eigenvalue weighted by molar-refractivity contribution is 6.31. The second kappa shape index (κ2) is 5.18. The van der Waals surface area contributed by atoms with Crippen LogP contribution in [0.2, 0.25) is 5.02 Å². The molecule has 5 nitrogen and oxygen atoms in total. The number of carbonyl (C=O) groups is 1. The Bertz CT molecular complexity index is 718. The summed E-state index contributed by atoms with van der Waals surface area (Å²) in [5.41, 5.74) is 1.66. The number of anilines is 1. The van der Waals surface area contributed by atoms with Crippen LogP contribution < -0.4 is 15.4 Å². The van der Waals surface area contributed by atoms with E-state index >= 15 is 0 Å². The fourth-order valence-electron chi connectivity index (χ4n) is 2.33. The van der Waals surface area contributed by atoms with Crippen LogP contribution in [0.4, 0.5) is 5.69 Å². The predicted molar refractivity (Wildman–Crippen MR) is 79.9 cm³/mol. The summed E-state index contributed by atoms with van der Waals surface area (Å²) < 4.78 is 5.08. The lowest BCUT2D eigenvalue weighted by atomic mass is 10.0. The molecule has 1 amide bonds. The number of nitrogens with one attached hydrogen (secondary N) is 2. The molecule has 1 atom stereocenters. The average Bonchev–Trinajstić information content (AvgIpc) is 2.47. The molecule has 108 valence electrons. The van der Waals surface area contributed by atoms with Gasteiger partial charge in [0.1, 0.15) is 6.17 Å². The Morgan fingerprint density at radius 3 is 2.81 bits per heavy atom. The van der Waals surface area contributed by atoms with Crippen molar-refractivity contribution < 1.29 is 14.6 Å². The lowest BCUT2D eigenvalue weighted by molar-refractivity contribution is 0.0935. The van der Waals surface area contributed by atoms with Gasteiger partial charge in [0, 0.05) is 10.6 Å². The monoisotopic (exact) mass is 304 g/mol. The standard InChI is InChI=1S/C15H13ClN2O3/c1-21-12-4-2-3-10(13(12)19)14-17-11-7-8(16)5-6-9(11)15(20)18-14/h2-7,14,17,19H,1H3,(H,18,20)/t14-/m0/s1. The van der Waals surface area contributed by atoms with Gasteiger partial charge >= 0.3 is 0 Å². The minimum Gasteiger partial charge on any atom is -0.504 e. The van der Waals surface area contributed by atoms with Crippen LogP contribution in [0.1, 0.15) is 22.1 Å². The van der Waals surface area contributed by atoms with E-state index < -0.39 is 6.17 Å². The van der Waals surface area contributed by atoms with E-state index in [1.807, 2.05) is 0 Å². The van der Waals surface area contributed by atoms with Gasteiger partial charge in [-0.25, -0.2) is 0 Å². The van der Waals surface area contributed by atoms with Crippen LogP contribution >= 0.6 is 11.6 Å². The smallest absolute Gasteiger partial charge is 0.255 e. The van der Waals surface area contributed by atoms with Gasteiger partial charge in [0.2, 0.25) is 0 Å². The number of fused-ring (bicyclic) bond motifs is 1. The van der Waals surface area contributed by atoms with Gasteiger partial charge in [0.15, 0.2) is 11.5 Å². The molecule has 6 heteroatoms. The highest BCUT2D eigenvalue weighted by Crippen LogP contribution is 2.36. The van der Waals surface area contributed by atoms with Crippen molar-refractivity contribution in [3.8, 4) is 11.5 Å². The maximum absolute atomic E-state index is 12.1. The quantitative estimate of drug-likeness (QED) is 0.798. The highest BCUT2D eigenvalue weighted by atomic mass is 35.5. The summed E-state index contributed by atoms with van der Waals surface area (Å²) in [6, 6.07) is 10.1. The van der Waals surface area contributed by atoms with Crippen LogP contribution in [0.15, 0.2) is 36.4 Å². The Hall–Kier alpha value is -2.40. The number of methoxy groups -OCH3 is 1. The zero-order valence-electron chi connectivity index (χ0n) is 11.2. The van der Waals surface area contributed by atoms with Gasteiger partial charge in [-0.1, -0.05) is 23.7 Å². The highest BCUT2D eigenvalue weighted by Gasteiger charge is 2.27. The third kappa shape index (κ3) is 2.36. The van der Waals surface area contributed by atoms with Crippen LogP contribution in [0.5, 0.6) is 11.5 Å². The molecule has 21 heavy (non-hydrogen) atoms. The molecule has 1 aliphatic rings. The van der Waals surface area contributed by atoms with Crippen LogP contribution in [0.3, 0.4) is 0 Å². The molecule has 0 bridgehead atoms. The Morgan fingerprint density at radius 1 is 1.24 bits per heavy atom. The van der Waals surface area contributed by atoms with E-state index in [0.717, 1.165) is 0 Å². The molecule has 0 radical (unpaired) electrons. The maximum Gasteiger partial charge on any atom is 0.255 e. The topological polar surface area (TPSA) is 70.6 Å². The third-order valence-electron chi connectivity index (χ3n) is 3.36. The minimum absolute atomic E-state index is 0.0109. The average molecular weight is 305 g/mol. The second-order valence-corrected chi connectivity index (χ2v) is 5.08. The van der Waals surface area contributed by atoms with E-state index in [-0.39, 0.29) is 11.7 Å². The molecular weight excluding hydrogens is 292 g/mol. The molecule has 0 saturated carbocycles. The summed E-state index contributed by atoms with van der Waals surface area (Å²) in [5, 5.41) is 16.7. The Kier molecular flexibility index (Phi) is 3.35. The van der Waals surface area contributed by atoms with Crippen molar-refractivity contribution in [2.75, 3.05) is 12.4 Å². The number of benzene rings is 2. The number of phenols is 1. The Morgan fingerprint density at radius 2 is 2.05 bits per heavy atom. The molecule has 2 aromatic carbocycles. The van der Waals surface area contributed by atoms with Gasteiger partial charge in [-0.15, -0.1) is 0 Å². The number of para-hydroxylation sites is 1. The number of halogens is 1. The van der Waals surface area contributed by atoms with Gasteiger partial charge in [-0.05, 0) is 24.3 Å². The van der Waals surface area contributed by atoms with Crippen LogP contribution in [-0.2, 0) is 0 Å². The fourth-order valence-corrected chi connectivity index (χ4v) is 2.50. The zero-order valence-corrected chi connectivity index (χ0v) is 11.9. The molecule has 0 spiro atoms. The first-order chi connectivity index (χ1) is 10.1.